The van der Waals surface area contributed by atoms with Crippen LogP contribution in [0, 0.1) is 19.8 Å². The van der Waals surface area contributed by atoms with Gasteiger partial charge >= 0.3 is 5.97 Å². The molecule has 0 unspecified atom stereocenters. The van der Waals surface area contributed by atoms with E-state index in [9.17, 15) is 14.7 Å². The molecule has 0 spiro atoms. The van der Waals surface area contributed by atoms with Gasteiger partial charge < -0.3 is 10.0 Å². The van der Waals surface area contributed by atoms with Crippen molar-refractivity contribution in [3.05, 3.63) is 59.3 Å². The highest BCUT2D eigenvalue weighted by molar-refractivity contribution is 5.94. The normalized spacial score (nSPS) is 19.6. The van der Waals surface area contributed by atoms with Crippen LogP contribution in [-0.2, 0) is 4.79 Å². The van der Waals surface area contributed by atoms with Gasteiger partial charge in [-0.05, 0) is 32.0 Å². The molecule has 0 aliphatic carbocycles. The molecule has 1 N–H and O–H groups in total. The fraction of sp³-hybridized carbons (Fsp3) is 0.316. The minimum Gasteiger partial charge on any atom is -0.481 e. The number of likely N-dealkylation sites (tertiary alicyclic amines) is 1. The molecular weight excluding hydrogens is 346 g/mol. The average molecular weight is 365 g/mol. The van der Waals surface area contributed by atoms with Gasteiger partial charge in [0, 0.05) is 48.4 Å². The lowest BCUT2D eigenvalue weighted by atomic mass is 9.93. The zero-order valence-electron chi connectivity index (χ0n) is 15.0. The Labute approximate surface area is 155 Å². The van der Waals surface area contributed by atoms with Gasteiger partial charge in [-0.25, -0.2) is 9.50 Å². The second-order valence-corrected chi connectivity index (χ2v) is 6.85. The number of carbonyl (C=O) groups is 2. The first-order chi connectivity index (χ1) is 12.9. The van der Waals surface area contributed by atoms with Gasteiger partial charge in [0.15, 0.2) is 11.3 Å². The molecule has 0 bridgehead atoms. The molecule has 4 heterocycles. The Morgan fingerprint density at radius 2 is 2.00 bits per heavy atom. The minimum absolute atomic E-state index is 0.134. The highest BCUT2D eigenvalue weighted by Gasteiger charge is 2.41. The van der Waals surface area contributed by atoms with Crippen molar-refractivity contribution in [2.45, 2.75) is 19.8 Å². The fourth-order valence-corrected chi connectivity index (χ4v) is 3.67. The van der Waals surface area contributed by atoms with Crippen molar-refractivity contribution in [1.82, 2.24) is 24.5 Å². The molecule has 2 atom stereocenters. The molecule has 8 nitrogen and oxygen atoms in total. The molecule has 0 saturated carbocycles. The van der Waals surface area contributed by atoms with E-state index in [0.717, 1.165) is 11.4 Å². The van der Waals surface area contributed by atoms with Gasteiger partial charge in [-0.3, -0.25) is 14.6 Å². The fourth-order valence-electron chi connectivity index (χ4n) is 3.67. The van der Waals surface area contributed by atoms with Crippen molar-refractivity contribution in [2.24, 2.45) is 5.92 Å². The van der Waals surface area contributed by atoms with Gasteiger partial charge in [0.2, 0.25) is 0 Å². The quantitative estimate of drug-likeness (QED) is 0.758. The molecule has 1 saturated heterocycles. The number of aliphatic carboxylic acids is 1. The number of hydrogen-bond donors (Lipinski definition) is 1. The van der Waals surface area contributed by atoms with Crippen LogP contribution in [0.25, 0.3) is 5.65 Å². The van der Waals surface area contributed by atoms with Crippen LogP contribution in [0.3, 0.4) is 0 Å². The third-order valence-electron chi connectivity index (χ3n) is 4.94. The number of rotatable bonds is 3. The molecule has 3 aromatic heterocycles. The van der Waals surface area contributed by atoms with Gasteiger partial charge in [0.1, 0.15) is 0 Å². The first-order valence-electron chi connectivity index (χ1n) is 8.71. The van der Waals surface area contributed by atoms with Gasteiger partial charge in [-0.2, -0.15) is 5.10 Å². The number of hydrogen-bond acceptors (Lipinski definition) is 5. The summed E-state index contributed by atoms with van der Waals surface area (Å²) in [5.41, 5.74) is 3.28. The third-order valence-corrected chi connectivity index (χ3v) is 4.94. The lowest BCUT2D eigenvalue weighted by Crippen LogP contribution is -2.30. The molecule has 1 aliphatic heterocycles. The maximum absolute atomic E-state index is 13.0. The zero-order chi connectivity index (χ0) is 19.1. The van der Waals surface area contributed by atoms with Gasteiger partial charge in [-0.15, -0.1) is 0 Å². The highest BCUT2D eigenvalue weighted by Crippen LogP contribution is 2.32. The van der Waals surface area contributed by atoms with E-state index >= 15 is 0 Å². The molecular formula is C19H19N5O3. The van der Waals surface area contributed by atoms with Crippen molar-refractivity contribution in [1.29, 1.82) is 0 Å². The number of aromatic nitrogens is 4. The number of pyridine rings is 1. The molecule has 3 aromatic rings. The summed E-state index contributed by atoms with van der Waals surface area (Å²) in [6.07, 6.45) is 1.64. The molecule has 0 radical (unpaired) electrons. The molecule has 1 fully saturated rings. The first-order valence-corrected chi connectivity index (χ1v) is 8.71. The summed E-state index contributed by atoms with van der Waals surface area (Å²) in [7, 11) is 0. The van der Waals surface area contributed by atoms with Gasteiger partial charge in [-0.1, -0.05) is 6.07 Å². The van der Waals surface area contributed by atoms with Gasteiger partial charge in [0.25, 0.3) is 5.91 Å². The van der Waals surface area contributed by atoms with E-state index in [-0.39, 0.29) is 24.1 Å². The van der Waals surface area contributed by atoms with E-state index in [4.69, 9.17) is 0 Å². The maximum Gasteiger partial charge on any atom is 0.309 e. The third kappa shape index (κ3) is 3.03. The minimum atomic E-state index is -0.927. The van der Waals surface area contributed by atoms with Crippen LogP contribution in [0.4, 0.5) is 0 Å². The highest BCUT2D eigenvalue weighted by atomic mass is 16.4. The average Bonchev–Trinajstić information content (AvgIpc) is 3.26. The predicted molar refractivity (Wildman–Crippen MR) is 96.5 cm³/mol. The summed E-state index contributed by atoms with van der Waals surface area (Å²) >= 11 is 0. The van der Waals surface area contributed by atoms with Crippen molar-refractivity contribution >= 4 is 17.5 Å². The lowest BCUT2D eigenvalue weighted by Gasteiger charge is -2.14. The van der Waals surface area contributed by atoms with E-state index in [2.05, 4.69) is 15.1 Å². The summed E-state index contributed by atoms with van der Waals surface area (Å²) in [4.78, 5) is 34.9. The second kappa shape index (κ2) is 6.46. The SMILES string of the molecule is Cc1cc(C)n2nc(C(=O)N3C[C@H](C(=O)O)[C@@H](c4ccccn4)C3)cc2n1. The Morgan fingerprint density at radius 3 is 2.70 bits per heavy atom. The number of carboxylic acids is 1. The molecule has 27 heavy (non-hydrogen) atoms. The van der Waals surface area contributed by atoms with E-state index in [0.29, 0.717) is 17.9 Å². The summed E-state index contributed by atoms with van der Waals surface area (Å²) in [5, 5.41) is 14.0. The van der Waals surface area contributed by atoms with Crippen molar-refractivity contribution in [2.75, 3.05) is 13.1 Å². The van der Waals surface area contributed by atoms with Crippen molar-refractivity contribution in [3.63, 3.8) is 0 Å². The first kappa shape index (κ1) is 17.1. The molecule has 8 heteroatoms. The topological polar surface area (TPSA) is 101 Å². The lowest BCUT2D eigenvalue weighted by molar-refractivity contribution is -0.141. The standard InChI is InChI=1S/C19H19N5O3/c1-11-7-12(2)24-17(21-11)8-16(22-24)18(25)23-9-13(14(10-23)19(26)27)15-5-3-4-6-20-15/h3-8,13-14H,9-10H2,1-2H3,(H,26,27)/t13-,14-/m0/s1. The summed E-state index contributed by atoms with van der Waals surface area (Å²) in [6.45, 7) is 4.22. The molecule has 0 aromatic carbocycles. The number of carboxylic acid groups (broad SMARTS) is 1. The van der Waals surface area contributed by atoms with E-state index in [1.54, 1.807) is 33.8 Å². The summed E-state index contributed by atoms with van der Waals surface area (Å²) in [6, 6.07) is 8.94. The van der Waals surface area contributed by atoms with Crippen LogP contribution in [0.1, 0.15) is 33.5 Å². The smallest absolute Gasteiger partial charge is 0.309 e. The maximum atomic E-state index is 13.0. The van der Waals surface area contributed by atoms with Crippen LogP contribution in [0.15, 0.2) is 36.5 Å². The monoisotopic (exact) mass is 365 g/mol. The van der Waals surface area contributed by atoms with Gasteiger partial charge in [0.05, 0.1) is 5.92 Å². The van der Waals surface area contributed by atoms with Crippen LogP contribution in [-0.4, -0.2) is 54.6 Å². The Bertz CT molecular complexity index is 1030. The van der Waals surface area contributed by atoms with Crippen LogP contribution < -0.4 is 0 Å². The number of carbonyl (C=O) groups excluding carboxylic acids is 1. The van der Waals surface area contributed by atoms with Crippen molar-refractivity contribution in [3.8, 4) is 0 Å². The Balaban J connectivity index is 1.64. The Morgan fingerprint density at radius 1 is 1.19 bits per heavy atom. The Hall–Kier alpha value is -3.29. The number of aryl methyl sites for hydroxylation is 2. The summed E-state index contributed by atoms with van der Waals surface area (Å²) < 4.78 is 1.63. The molecule has 1 amide bonds. The van der Waals surface area contributed by atoms with E-state index in [1.807, 2.05) is 26.0 Å². The molecule has 138 valence electrons. The molecule has 4 rings (SSSR count). The van der Waals surface area contributed by atoms with Crippen LogP contribution in [0.2, 0.25) is 0 Å². The van der Waals surface area contributed by atoms with E-state index in [1.165, 1.54) is 0 Å². The second-order valence-electron chi connectivity index (χ2n) is 6.85. The number of amides is 1. The van der Waals surface area contributed by atoms with Crippen LogP contribution in [0.5, 0.6) is 0 Å². The zero-order valence-corrected chi connectivity index (χ0v) is 15.0. The number of fused-ring (bicyclic) bond motifs is 1. The molecule has 1 aliphatic rings. The Kier molecular flexibility index (Phi) is 4.10. The predicted octanol–water partition coefficient (Wildman–Crippen LogP) is 1.68. The largest absolute Gasteiger partial charge is 0.481 e. The van der Waals surface area contributed by atoms with E-state index < -0.39 is 11.9 Å². The van der Waals surface area contributed by atoms with Crippen LogP contribution >= 0.6 is 0 Å². The number of nitrogens with zero attached hydrogens (tertiary/aromatic N) is 5. The van der Waals surface area contributed by atoms with Crippen molar-refractivity contribution < 1.29 is 14.7 Å². The summed E-state index contributed by atoms with van der Waals surface area (Å²) in [5.74, 6) is -2.25.